The van der Waals surface area contributed by atoms with Crippen molar-refractivity contribution in [1.82, 2.24) is 9.55 Å². The van der Waals surface area contributed by atoms with E-state index >= 15 is 0 Å². The number of rotatable bonds is 13. The van der Waals surface area contributed by atoms with Gasteiger partial charge in [0, 0.05) is 36.8 Å². The second-order valence-electron chi connectivity index (χ2n) is 8.22. The van der Waals surface area contributed by atoms with E-state index in [-0.39, 0.29) is 12.5 Å². The van der Waals surface area contributed by atoms with Crippen LogP contribution < -0.4 is 15.2 Å². The molecule has 4 aromatic rings. The number of hydrogen-bond donors (Lipinski definition) is 2. The van der Waals surface area contributed by atoms with Crippen molar-refractivity contribution in [2.75, 3.05) is 47.7 Å². The van der Waals surface area contributed by atoms with Gasteiger partial charge in [0.15, 0.2) is 6.29 Å². The fraction of sp³-hybridized carbons (Fsp3) is 0.258. The van der Waals surface area contributed by atoms with Crippen LogP contribution in [0.4, 0.5) is 0 Å². The van der Waals surface area contributed by atoms with E-state index in [1.807, 2.05) is 77.4 Å². The van der Waals surface area contributed by atoms with Gasteiger partial charge in [-0.25, -0.2) is 5.26 Å². The van der Waals surface area contributed by atoms with Crippen molar-refractivity contribution in [3.8, 4) is 40.7 Å². The van der Waals surface area contributed by atoms with Crippen molar-refractivity contribution < 1.29 is 23.7 Å². The third-order valence-electron chi connectivity index (χ3n) is 5.80. The lowest BCUT2D eigenvalue weighted by molar-refractivity contribution is 0.110. The Kier molecular flexibility index (Phi) is 14.7. The minimum Gasteiger partial charge on any atom is -0.491 e. The van der Waals surface area contributed by atoms with Crippen LogP contribution in [0.25, 0.3) is 22.5 Å². The topological polar surface area (TPSA) is 122 Å². The first kappa shape index (κ1) is 33.1. The van der Waals surface area contributed by atoms with Crippen LogP contribution in [0.15, 0.2) is 77.7 Å². The molecule has 0 saturated heterocycles. The zero-order valence-corrected chi connectivity index (χ0v) is 24.4. The number of ether oxygens (including phenoxy) is 4. The Morgan fingerprint density at radius 2 is 1.51 bits per heavy atom. The van der Waals surface area contributed by atoms with E-state index in [4.69, 9.17) is 24.2 Å². The van der Waals surface area contributed by atoms with Crippen LogP contribution in [0.3, 0.4) is 0 Å². The van der Waals surface area contributed by atoms with E-state index in [0.29, 0.717) is 43.6 Å². The summed E-state index contributed by atoms with van der Waals surface area (Å²) < 4.78 is 24.1. The first-order valence-corrected chi connectivity index (χ1v) is 13.2. The monoisotopic (exact) mass is 576 g/mol. The van der Waals surface area contributed by atoms with Crippen LogP contribution in [0.2, 0.25) is 0 Å². The van der Waals surface area contributed by atoms with Gasteiger partial charge in [0.1, 0.15) is 30.5 Å². The highest BCUT2D eigenvalue weighted by Gasteiger charge is 2.21. The van der Waals surface area contributed by atoms with Crippen LogP contribution in [-0.4, -0.2) is 63.5 Å². The Morgan fingerprint density at radius 1 is 0.878 bits per heavy atom. The van der Waals surface area contributed by atoms with Gasteiger partial charge in [-0.3, -0.25) is 4.79 Å². The highest BCUT2D eigenvalue weighted by Crippen LogP contribution is 2.34. The maximum absolute atomic E-state index is 12.3. The molecule has 1 aromatic heterocycles. The number of imidazole rings is 1. The molecule has 10 heteroatoms. The fourth-order valence-electron chi connectivity index (χ4n) is 3.96. The third-order valence-corrected chi connectivity index (χ3v) is 6.19. The zero-order valence-electron chi connectivity index (χ0n) is 23.5. The minimum absolute atomic E-state index is 0.272. The summed E-state index contributed by atoms with van der Waals surface area (Å²) >= 11 is 4.62. The van der Waals surface area contributed by atoms with E-state index in [1.54, 1.807) is 14.2 Å². The fourth-order valence-corrected chi connectivity index (χ4v) is 4.25. The van der Waals surface area contributed by atoms with Crippen LogP contribution in [-0.2, 0) is 16.0 Å². The number of hydrogen-bond acceptors (Lipinski definition) is 9. The predicted octanol–water partition coefficient (Wildman–Crippen LogP) is 5.13. The molecule has 0 aliphatic heterocycles. The molecule has 4 rings (SSSR count). The number of carbonyl (C=O) groups excluding carboxylic acids is 1. The molecule has 3 aromatic carbocycles. The Hall–Kier alpha value is -4.14. The van der Waals surface area contributed by atoms with Crippen LogP contribution in [0.1, 0.15) is 16.1 Å². The van der Waals surface area contributed by atoms with Crippen LogP contribution >= 0.6 is 12.6 Å². The normalized spacial score (nSPS) is 10.0. The largest absolute Gasteiger partial charge is 0.491 e. The molecule has 9 nitrogen and oxygen atoms in total. The molecule has 0 radical (unpaired) electrons. The van der Waals surface area contributed by atoms with Gasteiger partial charge < -0.3 is 29.2 Å². The smallest absolute Gasteiger partial charge is 0.243 e. The van der Waals surface area contributed by atoms with Gasteiger partial charge in [0.05, 0.1) is 19.8 Å². The van der Waals surface area contributed by atoms with E-state index < -0.39 is 0 Å². The number of aldehydes is 1. The molecule has 0 bridgehead atoms. The van der Waals surface area contributed by atoms with Crippen molar-refractivity contribution in [2.24, 2.45) is 5.73 Å². The third kappa shape index (κ3) is 8.93. The van der Waals surface area contributed by atoms with E-state index in [9.17, 15) is 4.79 Å². The van der Waals surface area contributed by atoms with Crippen molar-refractivity contribution in [2.45, 2.75) is 11.4 Å². The first-order valence-electron chi connectivity index (χ1n) is 12.8. The summed E-state index contributed by atoms with van der Waals surface area (Å²) in [5, 5.41) is 6.50. The molecule has 0 atom stereocenters. The zero-order chi connectivity index (χ0) is 30.0. The lowest BCUT2D eigenvalue weighted by atomic mass is 10.0. The lowest BCUT2D eigenvalue weighted by Crippen LogP contribution is -2.11. The first-order chi connectivity index (χ1) is 20.2. The summed E-state index contributed by atoms with van der Waals surface area (Å²) in [6, 6.07) is 23.7. The molecule has 0 fully saturated rings. The van der Waals surface area contributed by atoms with Crippen LogP contribution in [0, 0.1) is 11.8 Å². The molecule has 0 aliphatic carbocycles. The Labute approximate surface area is 246 Å². The molecule has 216 valence electrons. The maximum Gasteiger partial charge on any atom is 0.243 e. The van der Waals surface area contributed by atoms with Crippen molar-refractivity contribution >= 4 is 18.9 Å². The predicted molar refractivity (Wildman–Crippen MR) is 163 cm³/mol. The van der Waals surface area contributed by atoms with Gasteiger partial charge in [0.2, 0.25) is 5.88 Å². The summed E-state index contributed by atoms with van der Waals surface area (Å²) in [4.78, 5) is 17.8. The highest BCUT2D eigenvalue weighted by molar-refractivity contribution is 7.80. The van der Waals surface area contributed by atoms with Gasteiger partial charge in [-0.15, -0.1) is 12.6 Å². The summed E-state index contributed by atoms with van der Waals surface area (Å²) in [6.07, 6.45) is 0.776. The number of nitrogens with two attached hydrogens (primary N) is 1. The van der Waals surface area contributed by atoms with Crippen LogP contribution in [0.5, 0.6) is 11.6 Å². The van der Waals surface area contributed by atoms with Gasteiger partial charge >= 0.3 is 0 Å². The van der Waals surface area contributed by atoms with Gasteiger partial charge in [-0.1, -0.05) is 60.7 Å². The maximum atomic E-state index is 12.3. The number of methoxy groups -OCH3 is 2. The number of nitriles is 1. The summed E-state index contributed by atoms with van der Waals surface area (Å²) in [6.45, 7) is 5.36. The van der Waals surface area contributed by atoms with Crippen molar-refractivity contribution in [3.63, 3.8) is 0 Å². The average Bonchev–Trinajstić information content (AvgIpc) is 3.37. The van der Waals surface area contributed by atoms with E-state index in [0.717, 1.165) is 33.4 Å². The van der Waals surface area contributed by atoms with Crippen molar-refractivity contribution in [3.05, 3.63) is 84.1 Å². The number of carbonyl (C=O) groups is 1. The number of aromatic nitrogens is 2. The minimum atomic E-state index is 0.272. The second-order valence-corrected chi connectivity index (χ2v) is 8.70. The molecule has 41 heavy (non-hydrogen) atoms. The molecule has 0 saturated carbocycles. The number of nitrogens with zero attached hydrogens (tertiary/aromatic N) is 3. The molecule has 0 aliphatic rings. The second kappa shape index (κ2) is 18.3. The summed E-state index contributed by atoms with van der Waals surface area (Å²) in [7, 11) is 4.73. The summed E-state index contributed by atoms with van der Waals surface area (Å²) in [5.74, 6) is 1.59. The standard InChI is InChI=1S/C29H30N2O5S.CH5N.CHN/c1-33-14-16-35-26-18-22(24-10-6-7-11-27(24)37)12-13-23(26)19-31-25(20-32)29(36-17-15-34-2)30-28(31)21-8-4-3-5-9-21;2*1-2/h3-13,18,20,37H,14-17,19H2,1-2H3;2H2,1H3;1H. The number of benzene rings is 3. The quantitative estimate of drug-likeness (QED) is 0.128. The summed E-state index contributed by atoms with van der Waals surface area (Å²) in [5.41, 5.74) is 8.59. The van der Waals surface area contributed by atoms with Crippen molar-refractivity contribution in [1.29, 1.82) is 5.26 Å². The highest BCUT2D eigenvalue weighted by atomic mass is 32.1. The molecule has 2 N–H and O–H groups in total. The molecule has 0 unspecified atom stereocenters. The number of thiol groups is 1. The molecular formula is C31H36N4O5S. The SMILES string of the molecule is C#N.CN.COCCOc1cc(-c2ccccc2S)ccc1Cn1c(-c2ccccc2)nc(OCCOC)c1C=O. The Morgan fingerprint density at radius 3 is 2.15 bits per heavy atom. The van der Waals surface area contributed by atoms with Gasteiger partial charge in [0.25, 0.3) is 0 Å². The average molecular weight is 577 g/mol. The molecule has 0 spiro atoms. The van der Waals surface area contributed by atoms with Gasteiger partial charge in [-0.05, 0) is 30.3 Å². The molecule has 1 heterocycles. The molecule has 0 amide bonds. The van der Waals surface area contributed by atoms with E-state index in [2.05, 4.69) is 29.9 Å². The van der Waals surface area contributed by atoms with Gasteiger partial charge in [-0.2, -0.15) is 4.98 Å². The van der Waals surface area contributed by atoms with E-state index in [1.165, 1.54) is 7.05 Å². The Bertz CT molecular complexity index is 1380. The lowest BCUT2D eigenvalue weighted by Gasteiger charge is -2.16. The Balaban J connectivity index is 0.00000141. The molecular weight excluding hydrogens is 540 g/mol.